The Balaban J connectivity index is 2.09. The number of carbonyl (C=O) groups is 1. The highest BCUT2D eigenvalue weighted by molar-refractivity contribution is 5.81. The van der Waals surface area contributed by atoms with Crippen LogP contribution in [0.1, 0.15) is 65.2 Å². The van der Waals surface area contributed by atoms with E-state index in [2.05, 4.69) is 13.8 Å². The van der Waals surface area contributed by atoms with Crippen molar-refractivity contribution in [3.8, 4) is 0 Å². The molecule has 1 heteroatoms. The molecule has 1 saturated carbocycles. The minimum absolute atomic E-state index is 0.423. The van der Waals surface area contributed by atoms with E-state index in [-0.39, 0.29) is 0 Å². The van der Waals surface area contributed by atoms with E-state index in [1.54, 1.807) is 0 Å². The van der Waals surface area contributed by atoms with E-state index < -0.39 is 0 Å². The third kappa shape index (κ3) is 3.81. The molecule has 0 radical (unpaired) electrons. The van der Waals surface area contributed by atoms with Gasteiger partial charge in [0.15, 0.2) is 0 Å². The van der Waals surface area contributed by atoms with Gasteiger partial charge < -0.3 is 0 Å². The van der Waals surface area contributed by atoms with Gasteiger partial charge in [0.2, 0.25) is 0 Å². The van der Waals surface area contributed by atoms with Crippen molar-refractivity contribution < 1.29 is 4.79 Å². The first kappa shape index (κ1) is 11.7. The summed E-state index contributed by atoms with van der Waals surface area (Å²) in [6.07, 6.45) is 9.34. The van der Waals surface area contributed by atoms with Gasteiger partial charge in [0, 0.05) is 12.3 Å². The van der Waals surface area contributed by atoms with Crippen LogP contribution in [0.5, 0.6) is 0 Å². The Bertz CT molecular complexity index is 174. The van der Waals surface area contributed by atoms with Gasteiger partial charge in [0.25, 0.3) is 0 Å². The standard InChI is InChI=1S/C13H24O/c1-3-4-5-6-7-13(14)12-9-8-11(2)10-12/h11-12H,3-10H2,1-2H3. The van der Waals surface area contributed by atoms with Crippen molar-refractivity contribution in [2.24, 2.45) is 11.8 Å². The Morgan fingerprint density at radius 2 is 2.00 bits per heavy atom. The maximum atomic E-state index is 11.8. The Labute approximate surface area is 88.3 Å². The molecular formula is C13H24O. The molecule has 82 valence electrons. The number of carbonyl (C=O) groups excluding carboxylic acids is 1. The Kier molecular flexibility index (Phi) is 5.21. The molecule has 0 saturated heterocycles. The van der Waals surface area contributed by atoms with Gasteiger partial charge in [-0.2, -0.15) is 0 Å². The number of hydrogen-bond acceptors (Lipinski definition) is 1. The molecule has 1 aliphatic rings. The molecule has 0 aliphatic heterocycles. The van der Waals surface area contributed by atoms with Crippen LogP contribution in [0.3, 0.4) is 0 Å². The fraction of sp³-hybridized carbons (Fsp3) is 0.923. The molecular weight excluding hydrogens is 172 g/mol. The molecule has 0 amide bonds. The summed E-state index contributed by atoms with van der Waals surface area (Å²) >= 11 is 0. The number of rotatable bonds is 6. The first-order valence-corrected chi connectivity index (χ1v) is 6.26. The van der Waals surface area contributed by atoms with Crippen LogP contribution in [-0.4, -0.2) is 5.78 Å². The van der Waals surface area contributed by atoms with Gasteiger partial charge in [-0.05, 0) is 31.6 Å². The van der Waals surface area contributed by atoms with E-state index in [9.17, 15) is 4.79 Å². The summed E-state index contributed by atoms with van der Waals surface area (Å²) in [5, 5.41) is 0. The van der Waals surface area contributed by atoms with E-state index in [1.165, 1.54) is 25.7 Å². The largest absolute Gasteiger partial charge is 0.299 e. The zero-order valence-electron chi connectivity index (χ0n) is 9.72. The molecule has 0 heterocycles. The lowest BCUT2D eigenvalue weighted by molar-refractivity contribution is -0.122. The van der Waals surface area contributed by atoms with E-state index in [1.807, 2.05) is 0 Å². The second kappa shape index (κ2) is 6.21. The average Bonchev–Trinajstić information content (AvgIpc) is 2.59. The van der Waals surface area contributed by atoms with E-state index in [4.69, 9.17) is 0 Å². The Morgan fingerprint density at radius 1 is 1.21 bits per heavy atom. The summed E-state index contributed by atoms with van der Waals surface area (Å²) in [4.78, 5) is 11.8. The monoisotopic (exact) mass is 196 g/mol. The van der Waals surface area contributed by atoms with Crippen molar-refractivity contribution in [1.29, 1.82) is 0 Å². The van der Waals surface area contributed by atoms with Crippen LogP contribution in [0.25, 0.3) is 0 Å². The van der Waals surface area contributed by atoms with Crippen molar-refractivity contribution in [2.45, 2.75) is 65.2 Å². The lowest BCUT2D eigenvalue weighted by atomic mass is 9.96. The smallest absolute Gasteiger partial charge is 0.135 e. The van der Waals surface area contributed by atoms with Gasteiger partial charge in [-0.1, -0.05) is 33.1 Å². The topological polar surface area (TPSA) is 17.1 Å². The van der Waals surface area contributed by atoms with Crippen molar-refractivity contribution >= 4 is 5.78 Å². The van der Waals surface area contributed by atoms with Crippen LogP contribution in [0.4, 0.5) is 0 Å². The normalized spacial score (nSPS) is 26.7. The summed E-state index contributed by atoms with van der Waals surface area (Å²) in [6.45, 7) is 4.48. The lowest BCUT2D eigenvalue weighted by Crippen LogP contribution is -2.10. The third-order valence-electron chi connectivity index (χ3n) is 3.43. The highest BCUT2D eigenvalue weighted by Crippen LogP contribution is 2.31. The number of ketones is 1. The lowest BCUT2D eigenvalue weighted by Gasteiger charge is -2.07. The third-order valence-corrected chi connectivity index (χ3v) is 3.43. The predicted octanol–water partition coefficient (Wildman–Crippen LogP) is 3.96. The minimum Gasteiger partial charge on any atom is -0.299 e. The van der Waals surface area contributed by atoms with E-state index >= 15 is 0 Å². The summed E-state index contributed by atoms with van der Waals surface area (Å²) in [5.74, 6) is 1.76. The maximum absolute atomic E-state index is 11.8. The number of Topliss-reactive ketones (excluding diaryl/α,β-unsaturated/α-hetero) is 1. The van der Waals surface area contributed by atoms with Gasteiger partial charge in [-0.3, -0.25) is 4.79 Å². The van der Waals surface area contributed by atoms with Crippen molar-refractivity contribution in [3.05, 3.63) is 0 Å². The van der Waals surface area contributed by atoms with Crippen LogP contribution >= 0.6 is 0 Å². The molecule has 0 N–H and O–H groups in total. The Morgan fingerprint density at radius 3 is 2.57 bits per heavy atom. The van der Waals surface area contributed by atoms with Crippen molar-refractivity contribution in [1.82, 2.24) is 0 Å². The summed E-state index contributed by atoms with van der Waals surface area (Å²) in [7, 11) is 0. The van der Waals surface area contributed by atoms with E-state index in [0.29, 0.717) is 11.7 Å². The van der Waals surface area contributed by atoms with Crippen LogP contribution in [0.2, 0.25) is 0 Å². The fourth-order valence-electron chi connectivity index (χ4n) is 2.43. The molecule has 2 unspecified atom stereocenters. The minimum atomic E-state index is 0.423. The number of hydrogen-bond donors (Lipinski definition) is 0. The molecule has 0 aromatic heterocycles. The summed E-state index contributed by atoms with van der Waals surface area (Å²) in [5.41, 5.74) is 0. The highest BCUT2D eigenvalue weighted by Gasteiger charge is 2.26. The summed E-state index contributed by atoms with van der Waals surface area (Å²) < 4.78 is 0. The zero-order valence-corrected chi connectivity index (χ0v) is 9.72. The molecule has 1 aliphatic carbocycles. The molecule has 0 spiro atoms. The SMILES string of the molecule is CCCCCCC(=O)C1CCC(C)C1. The first-order chi connectivity index (χ1) is 6.74. The Hall–Kier alpha value is -0.330. The second-order valence-electron chi connectivity index (χ2n) is 4.89. The highest BCUT2D eigenvalue weighted by atomic mass is 16.1. The second-order valence-corrected chi connectivity index (χ2v) is 4.89. The maximum Gasteiger partial charge on any atom is 0.135 e. The van der Waals surface area contributed by atoms with Crippen LogP contribution < -0.4 is 0 Å². The molecule has 1 fully saturated rings. The van der Waals surface area contributed by atoms with Crippen molar-refractivity contribution in [3.63, 3.8) is 0 Å². The zero-order chi connectivity index (χ0) is 10.4. The molecule has 0 aromatic rings. The quantitative estimate of drug-likeness (QED) is 0.588. The van der Waals surface area contributed by atoms with Gasteiger partial charge in [0.05, 0.1) is 0 Å². The van der Waals surface area contributed by atoms with Gasteiger partial charge in [0.1, 0.15) is 5.78 Å². The molecule has 14 heavy (non-hydrogen) atoms. The average molecular weight is 196 g/mol. The molecule has 1 nitrogen and oxygen atoms in total. The van der Waals surface area contributed by atoms with Gasteiger partial charge in [-0.25, -0.2) is 0 Å². The molecule has 0 bridgehead atoms. The summed E-state index contributed by atoms with van der Waals surface area (Å²) in [6, 6.07) is 0. The van der Waals surface area contributed by atoms with Crippen LogP contribution in [0, 0.1) is 11.8 Å². The van der Waals surface area contributed by atoms with Crippen LogP contribution in [-0.2, 0) is 4.79 Å². The van der Waals surface area contributed by atoms with E-state index in [0.717, 1.165) is 31.6 Å². The van der Waals surface area contributed by atoms with Gasteiger partial charge in [-0.15, -0.1) is 0 Å². The molecule has 2 atom stereocenters. The first-order valence-electron chi connectivity index (χ1n) is 6.26. The molecule has 0 aromatic carbocycles. The van der Waals surface area contributed by atoms with Gasteiger partial charge >= 0.3 is 0 Å². The predicted molar refractivity (Wildman–Crippen MR) is 60.3 cm³/mol. The van der Waals surface area contributed by atoms with Crippen LogP contribution in [0.15, 0.2) is 0 Å². The fourth-order valence-corrected chi connectivity index (χ4v) is 2.43. The number of unbranched alkanes of at least 4 members (excludes halogenated alkanes) is 3. The molecule has 1 rings (SSSR count). The van der Waals surface area contributed by atoms with Crippen molar-refractivity contribution in [2.75, 3.05) is 0 Å².